The van der Waals surface area contributed by atoms with Gasteiger partial charge in [0.15, 0.2) is 11.5 Å². The van der Waals surface area contributed by atoms with Crippen LogP contribution in [0.3, 0.4) is 0 Å². The van der Waals surface area contributed by atoms with E-state index in [-0.39, 0.29) is 11.9 Å². The number of halogens is 1. The summed E-state index contributed by atoms with van der Waals surface area (Å²) < 4.78 is 5.90. The van der Waals surface area contributed by atoms with Gasteiger partial charge in [-0.1, -0.05) is 42.8 Å². The Hall–Kier alpha value is -1.28. The first-order valence-electron chi connectivity index (χ1n) is 6.80. The summed E-state index contributed by atoms with van der Waals surface area (Å²) in [6, 6.07) is 11.1. The lowest BCUT2D eigenvalue weighted by atomic mass is 10.0. The summed E-state index contributed by atoms with van der Waals surface area (Å²) in [6.45, 7) is 2.38. The molecule has 0 aromatic heterocycles. The highest BCUT2D eigenvalue weighted by Crippen LogP contribution is 2.40. The van der Waals surface area contributed by atoms with Crippen LogP contribution in [-0.2, 0) is 0 Å². The van der Waals surface area contributed by atoms with Crippen LogP contribution in [0.5, 0.6) is 11.5 Å². The lowest BCUT2D eigenvalue weighted by molar-refractivity contribution is 0.198. The van der Waals surface area contributed by atoms with Crippen molar-refractivity contribution in [3.63, 3.8) is 0 Å². The van der Waals surface area contributed by atoms with Gasteiger partial charge in [0.2, 0.25) is 0 Å². The molecule has 0 aliphatic carbocycles. The molecule has 2 rings (SSSR count). The first kappa shape index (κ1) is 16.1. The van der Waals surface area contributed by atoms with Crippen molar-refractivity contribution >= 4 is 26.1 Å². The maximum atomic E-state index is 10.2. The first-order valence-corrected chi connectivity index (χ1v) is 7.76. The van der Waals surface area contributed by atoms with Crippen molar-refractivity contribution in [1.82, 2.24) is 0 Å². The molecule has 0 aliphatic rings. The number of rotatable bonds is 5. The lowest BCUT2D eigenvalue weighted by Gasteiger charge is -2.20. The van der Waals surface area contributed by atoms with Crippen LogP contribution < -0.4 is 15.8 Å². The fourth-order valence-electron chi connectivity index (χ4n) is 2.11. The van der Waals surface area contributed by atoms with Crippen LogP contribution in [0.15, 0.2) is 36.4 Å². The van der Waals surface area contributed by atoms with Gasteiger partial charge in [-0.15, -0.1) is 9.24 Å². The zero-order valence-electron chi connectivity index (χ0n) is 11.8. The van der Waals surface area contributed by atoms with E-state index in [1.54, 1.807) is 6.07 Å². The van der Waals surface area contributed by atoms with Gasteiger partial charge >= 0.3 is 0 Å². The predicted octanol–water partition coefficient (Wildman–Crippen LogP) is 3.33. The number of aromatic hydroxyl groups is 1. The maximum absolute atomic E-state index is 10.2. The highest BCUT2D eigenvalue weighted by Gasteiger charge is 2.17. The smallest absolute Gasteiger partial charge is 0.169 e. The van der Waals surface area contributed by atoms with Crippen molar-refractivity contribution < 1.29 is 9.84 Å². The van der Waals surface area contributed by atoms with Gasteiger partial charge in [0.05, 0.1) is 0 Å². The molecule has 21 heavy (non-hydrogen) atoms. The van der Waals surface area contributed by atoms with Crippen LogP contribution in [0.2, 0.25) is 5.02 Å². The van der Waals surface area contributed by atoms with Gasteiger partial charge in [-0.2, -0.15) is 0 Å². The highest BCUT2D eigenvalue weighted by atomic mass is 35.5. The first-order chi connectivity index (χ1) is 10.1. The van der Waals surface area contributed by atoms with Crippen LogP contribution in [0.1, 0.15) is 13.3 Å². The maximum Gasteiger partial charge on any atom is 0.169 e. The molecule has 2 aromatic rings. The number of benzene rings is 2. The third-order valence-corrected chi connectivity index (χ3v) is 4.01. The Morgan fingerprint density at radius 3 is 2.62 bits per heavy atom. The third-order valence-electron chi connectivity index (χ3n) is 3.29. The van der Waals surface area contributed by atoms with E-state index >= 15 is 0 Å². The van der Waals surface area contributed by atoms with Crippen LogP contribution in [-0.4, -0.2) is 17.8 Å². The van der Waals surface area contributed by atoms with E-state index < -0.39 is 0 Å². The lowest BCUT2D eigenvalue weighted by Crippen LogP contribution is -2.26. The van der Waals surface area contributed by atoms with Crippen molar-refractivity contribution in [3.8, 4) is 22.6 Å². The van der Waals surface area contributed by atoms with Gasteiger partial charge in [0.1, 0.15) is 6.10 Å². The van der Waals surface area contributed by atoms with Gasteiger partial charge < -0.3 is 15.6 Å². The van der Waals surface area contributed by atoms with E-state index in [9.17, 15) is 5.11 Å². The molecule has 3 N–H and O–H groups in total. The van der Waals surface area contributed by atoms with Crippen molar-refractivity contribution in [2.45, 2.75) is 19.4 Å². The molecular weight excluding hydrogens is 305 g/mol. The van der Waals surface area contributed by atoms with Crippen LogP contribution in [0.25, 0.3) is 11.1 Å². The summed E-state index contributed by atoms with van der Waals surface area (Å²) in [5.74, 6) is 0.448. The second kappa shape index (κ2) is 7.13. The fraction of sp³-hybridized carbons (Fsp3) is 0.250. The average molecular weight is 324 g/mol. The van der Waals surface area contributed by atoms with Crippen LogP contribution in [0.4, 0.5) is 0 Å². The number of hydrogen-bond acceptors (Lipinski definition) is 3. The minimum absolute atomic E-state index is 0.0256. The van der Waals surface area contributed by atoms with Crippen LogP contribution >= 0.6 is 20.8 Å². The summed E-state index contributed by atoms with van der Waals surface area (Å²) in [5, 5.41) is 11.7. The number of ether oxygens (including phenoxy) is 1. The summed E-state index contributed by atoms with van der Waals surface area (Å²) in [4.78, 5) is 0. The minimum Gasteiger partial charge on any atom is -0.504 e. The molecule has 0 fully saturated rings. The van der Waals surface area contributed by atoms with Crippen molar-refractivity contribution in [1.29, 1.82) is 0 Å². The Labute approximate surface area is 132 Å². The zero-order chi connectivity index (χ0) is 15.4. The molecule has 0 radical (unpaired) electrons. The van der Waals surface area contributed by atoms with Crippen molar-refractivity contribution in [2.24, 2.45) is 5.73 Å². The number of phenols is 1. The molecule has 3 nitrogen and oxygen atoms in total. The standard InChI is InChI=1S/C16H19ClNO2P/c1-2-11(9-18)20-16-13(7-10(17)8-14(16)19)12-5-3-4-6-15(12)21/h3-8,11,19H,2,9,18,21H2,1H3. The van der Waals surface area contributed by atoms with Crippen molar-refractivity contribution in [3.05, 3.63) is 41.4 Å². The van der Waals surface area contributed by atoms with Gasteiger partial charge in [0, 0.05) is 23.2 Å². The normalized spacial score (nSPS) is 12.2. The molecule has 0 spiro atoms. The second-order valence-electron chi connectivity index (χ2n) is 4.77. The Bertz CT molecular complexity index is 630. The SMILES string of the molecule is CCC(CN)Oc1c(O)cc(Cl)cc1-c1ccccc1P. The summed E-state index contributed by atoms with van der Waals surface area (Å²) >= 11 is 6.08. The molecule has 0 heterocycles. The van der Waals surface area contributed by atoms with Gasteiger partial charge in [0.25, 0.3) is 0 Å². The predicted molar refractivity (Wildman–Crippen MR) is 91.7 cm³/mol. The average Bonchev–Trinajstić information content (AvgIpc) is 2.46. The van der Waals surface area contributed by atoms with E-state index in [1.165, 1.54) is 6.07 Å². The Balaban J connectivity index is 2.56. The molecule has 112 valence electrons. The Morgan fingerprint density at radius 2 is 2.00 bits per heavy atom. The second-order valence-corrected chi connectivity index (χ2v) is 5.83. The molecule has 0 saturated carbocycles. The van der Waals surface area contributed by atoms with Crippen molar-refractivity contribution in [2.75, 3.05) is 6.54 Å². The van der Waals surface area contributed by atoms with E-state index in [4.69, 9.17) is 22.1 Å². The largest absolute Gasteiger partial charge is 0.504 e. The van der Waals surface area contributed by atoms with Gasteiger partial charge in [-0.3, -0.25) is 0 Å². The minimum atomic E-state index is -0.146. The van der Waals surface area contributed by atoms with E-state index in [2.05, 4.69) is 9.24 Å². The number of nitrogens with two attached hydrogens (primary N) is 1. The number of phenolic OH excluding ortho intramolecular Hbond substituents is 1. The van der Waals surface area contributed by atoms with Crippen LogP contribution in [0, 0.1) is 0 Å². The van der Waals surface area contributed by atoms with E-state index in [0.717, 1.165) is 22.9 Å². The van der Waals surface area contributed by atoms with Gasteiger partial charge in [-0.05, 0) is 23.4 Å². The molecule has 0 aliphatic heterocycles. The Kier molecular flexibility index (Phi) is 5.46. The molecular formula is C16H19ClNO2P. The highest BCUT2D eigenvalue weighted by molar-refractivity contribution is 7.28. The summed E-state index contributed by atoms with van der Waals surface area (Å²) in [7, 11) is 2.68. The van der Waals surface area contributed by atoms with E-state index in [1.807, 2.05) is 31.2 Å². The molecule has 5 heteroatoms. The molecule has 2 aromatic carbocycles. The van der Waals surface area contributed by atoms with Gasteiger partial charge in [-0.25, -0.2) is 0 Å². The molecule has 0 bridgehead atoms. The molecule has 2 atom stereocenters. The van der Waals surface area contributed by atoms with E-state index in [0.29, 0.717) is 17.3 Å². The number of hydrogen-bond donors (Lipinski definition) is 2. The fourth-order valence-corrected chi connectivity index (χ4v) is 2.69. The zero-order valence-corrected chi connectivity index (χ0v) is 13.8. The third kappa shape index (κ3) is 3.68. The summed E-state index contributed by atoms with van der Waals surface area (Å²) in [6.07, 6.45) is 0.619. The molecule has 0 amide bonds. The summed E-state index contributed by atoms with van der Waals surface area (Å²) in [5.41, 5.74) is 7.40. The topological polar surface area (TPSA) is 55.5 Å². The quantitative estimate of drug-likeness (QED) is 0.830. The molecule has 0 saturated heterocycles. The Morgan fingerprint density at radius 1 is 1.29 bits per heavy atom. The monoisotopic (exact) mass is 323 g/mol. The molecule has 2 unspecified atom stereocenters.